The van der Waals surface area contributed by atoms with Gasteiger partial charge in [0.15, 0.2) is 0 Å². The number of hydrogen-bond donors (Lipinski definition) is 1. The first-order chi connectivity index (χ1) is 9.92. The van der Waals surface area contributed by atoms with Gasteiger partial charge < -0.3 is 4.74 Å². The maximum Gasteiger partial charge on any atom is 0.261 e. The SMILES string of the molecule is COCc1ccc(S(=O)(=O)Nc2cc(Cl)ccc2Cl)cc1. The molecule has 112 valence electrons. The highest BCUT2D eigenvalue weighted by atomic mass is 35.5. The molecule has 21 heavy (non-hydrogen) atoms. The Bertz CT molecular complexity index is 730. The quantitative estimate of drug-likeness (QED) is 0.892. The van der Waals surface area contributed by atoms with Crippen LogP contribution in [0.1, 0.15) is 5.56 Å². The number of sulfonamides is 1. The van der Waals surface area contributed by atoms with E-state index in [2.05, 4.69) is 4.72 Å². The molecule has 0 aliphatic rings. The molecule has 1 N–H and O–H groups in total. The summed E-state index contributed by atoms with van der Waals surface area (Å²) in [5.74, 6) is 0. The van der Waals surface area contributed by atoms with Gasteiger partial charge in [-0.1, -0.05) is 35.3 Å². The van der Waals surface area contributed by atoms with Crippen LogP contribution in [0.4, 0.5) is 5.69 Å². The molecule has 2 aromatic rings. The minimum Gasteiger partial charge on any atom is -0.380 e. The molecule has 2 rings (SSSR count). The third kappa shape index (κ3) is 4.11. The van der Waals surface area contributed by atoms with Crippen molar-refractivity contribution in [3.8, 4) is 0 Å². The average Bonchev–Trinajstić information content (AvgIpc) is 2.44. The van der Waals surface area contributed by atoms with Gasteiger partial charge in [0.05, 0.1) is 22.2 Å². The number of methoxy groups -OCH3 is 1. The van der Waals surface area contributed by atoms with Crippen LogP contribution in [-0.2, 0) is 21.4 Å². The molecule has 0 amide bonds. The zero-order chi connectivity index (χ0) is 15.5. The number of hydrogen-bond acceptors (Lipinski definition) is 3. The Labute approximate surface area is 133 Å². The van der Waals surface area contributed by atoms with E-state index in [0.717, 1.165) is 5.56 Å². The van der Waals surface area contributed by atoms with E-state index in [1.165, 1.54) is 24.3 Å². The van der Waals surface area contributed by atoms with E-state index in [1.807, 2.05) is 0 Å². The van der Waals surface area contributed by atoms with E-state index in [0.29, 0.717) is 11.6 Å². The number of nitrogens with one attached hydrogen (secondary N) is 1. The second-order valence-corrected chi connectivity index (χ2v) is 6.83. The van der Waals surface area contributed by atoms with Crippen LogP contribution in [0.3, 0.4) is 0 Å². The molecule has 0 unspecified atom stereocenters. The molecule has 0 heterocycles. The molecule has 0 aliphatic heterocycles. The van der Waals surface area contributed by atoms with Crippen LogP contribution in [0.15, 0.2) is 47.4 Å². The molecule has 7 heteroatoms. The lowest BCUT2D eigenvalue weighted by Gasteiger charge is -2.10. The number of halogens is 2. The third-order valence-electron chi connectivity index (χ3n) is 2.72. The Morgan fingerprint density at radius 2 is 1.76 bits per heavy atom. The molecule has 4 nitrogen and oxygen atoms in total. The van der Waals surface area contributed by atoms with Crippen LogP contribution < -0.4 is 4.72 Å². The van der Waals surface area contributed by atoms with Crippen molar-refractivity contribution in [2.45, 2.75) is 11.5 Å². The molecule has 0 saturated heterocycles. The van der Waals surface area contributed by atoms with E-state index < -0.39 is 10.0 Å². The van der Waals surface area contributed by atoms with Gasteiger partial charge in [0.2, 0.25) is 0 Å². The van der Waals surface area contributed by atoms with E-state index in [9.17, 15) is 8.42 Å². The van der Waals surface area contributed by atoms with E-state index in [4.69, 9.17) is 27.9 Å². The van der Waals surface area contributed by atoms with Crippen molar-refractivity contribution in [1.82, 2.24) is 0 Å². The summed E-state index contributed by atoms with van der Waals surface area (Å²) in [6, 6.07) is 11.0. The van der Waals surface area contributed by atoms with Crippen molar-refractivity contribution in [3.05, 3.63) is 58.1 Å². The maximum atomic E-state index is 12.3. The van der Waals surface area contributed by atoms with E-state index in [-0.39, 0.29) is 15.6 Å². The molecule has 2 aromatic carbocycles. The van der Waals surface area contributed by atoms with Crippen LogP contribution in [0.2, 0.25) is 10.0 Å². The molecule has 0 fully saturated rings. The topological polar surface area (TPSA) is 55.4 Å². The van der Waals surface area contributed by atoms with Gasteiger partial charge in [0.25, 0.3) is 10.0 Å². The summed E-state index contributed by atoms with van der Waals surface area (Å²) in [4.78, 5) is 0.137. The fourth-order valence-electron chi connectivity index (χ4n) is 1.71. The highest BCUT2D eigenvalue weighted by Crippen LogP contribution is 2.27. The van der Waals surface area contributed by atoms with Crippen molar-refractivity contribution < 1.29 is 13.2 Å². The van der Waals surface area contributed by atoms with Crippen molar-refractivity contribution in [1.29, 1.82) is 0 Å². The smallest absolute Gasteiger partial charge is 0.261 e. The summed E-state index contributed by atoms with van der Waals surface area (Å²) in [5.41, 5.74) is 1.13. The van der Waals surface area contributed by atoms with Gasteiger partial charge in [-0.3, -0.25) is 4.72 Å². The van der Waals surface area contributed by atoms with Crippen LogP contribution in [0.25, 0.3) is 0 Å². The zero-order valence-electron chi connectivity index (χ0n) is 11.1. The van der Waals surface area contributed by atoms with Crippen LogP contribution >= 0.6 is 23.2 Å². The highest BCUT2D eigenvalue weighted by Gasteiger charge is 2.16. The Balaban J connectivity index is 2.27. The zero-order valence-corrected chi connectivity index (χ0v) is 13.5. The van der Waals surface area contributed by atoms with Gasteiger partial charge >= 0.3 is 0 Å². The standard InChI is InChI=1S/C14H13Cl2NO3S/c1-20-9-10-2-5-12(6-3-10)21(18,19)17-14-8-11(15)4-7-13(14)16/h2-8,17H,9H2,1H3. The lowest BCUT2D eigenvalue weighted by molar-refractivity contribution is 0.185. The van der Waals surface area contributed by atoms with Crippen LogP contribution in [-0.4, -0.2) is 15.5 Å². The lowest BCUT2D eigenvalue weighted by atomic mass is 10.2. The molecule has 0 aliphatic carbocycles. The minimum atomic E-state index is -3.72. The molecule has 0 saturated carbocycles. The largest absolute Gasteiger partial charge is 0.380 e. The van der Waals surface area contributed by atoms with Gasteiger partial charge in [0.1, 0.15) is 0 Å². The fraction of sp³-hybridized carbons (Fsp3) is 0.143. The van der Waals surface area contributed by atoms with Crippen LogP contribution in [0.5, 0.6) is 0 Å². The van der Waals surface area contributed by atoms with Crippen molar-refractivity contribution in [3.63, 3.8) is 0 Å². The summed E-state index contributed by atoms with van der Waals surface area (Å²) in [5, 5.41) is 0.673. The van der Waals surface area contributed by atoms with Gasteiger partial charge in [-0.05, 0) is 35.9 Å². The van der Waals surface area contributed by atoms with E-state index in [1.54, 1.807) is 25.3 Å². The number of anilines is 1. The lowest BCUT2D eigenvalue weighted by Crippen LogP contribution is -2.13. The van der Waals surface area contributed by atoms with Crippen molar-refractivity contribution >= 4 is 38.9 Å². The molecular weight excluding hydrogens is 333 g/mol. The predicted octanol–water partition coefficient (Wildman–Crippen LogP) is 3.94. The summed E-state index contributed by atoms with van der Waals surface area (Å²) in [6.07, 6.45) is 0. The molecule has 0 spiro atoms. The van der Waals surface area contributed by atoms with Gasteiger partial charge in [0, 0.05) is 12.1 Å². The fourth-order valence-corrected chi connectivity index (χ4v) is 3.17. The summed E-state index contributed by atoms with van der Waals surface area (Å²) >= 11 is 11.8. The van der Waals surface area contributed by atoms with Gasteiger partial charge in [-0.2, -0.15) is 0 Å². The number of rotatable bonds is 5. The van der Waals surface area contributed by atoms with Crippen molar-refractivity contribution in [2.24, 2.45) is 0 Å². The first kappa shape index (κ1) is 16.1. The molecule has 0 bridgehead atoms. The number of benzene rings is 2. The number of ether oxygens (including phenoxy) is 1. The maximum absolute atomic E-state index is 12.3. The Morgan fingerprint density at radius 1 is 1.10 bits per heavy atom. The minimum absolute atomic E-state index is 0.137. The Morgan fingerprint density at radius 3 is 2.38 bits per heavy atom. The Kier molecular flexibility index (Phi) is 5.11. The van der Waals surface area contributed by atoms with Crippen molar-refractivity contribution in [2.75, 3.05) is 11.8 Å². The average molecular weight is 346 g/mol. The molecule has 0 aromatic heterocycles. The second-order valence-electron chi connectivity index (χ2n) is 4.31. The first-order valence-electron chi connectivity index (χ1n) is 5.98. The second kappa shape index (κ2) is 6.66. The van der Waals surface area contributed by atoms with Gasteiger partial charge in [-0.15, -0.1) is 0 Å². The molecule has 0 atom stereocenters. The third-order valence-corrected chi connectivity index (χ3v) is 4.66. The van der Waals surface area contributed by atoms with E-state index >= 15 is 0 Å². The summed E-state index contributed by atoms with van der Waals surface area (Å²) < 4.78 is 32.0. The highest BCUT2D eigenvalue weighted by molar-refractivity contribution is 7.92. The Hall–Kier alpha value is -1.27. The van der Waals surface area contributed by atoms with Crippen LogP contribution in [0, 0.1) is 0 Å². The molecule has 0 radical (unpaired) electrons. The van der Waals surface area contributed by atoms with Gasteiger partial charge in [-0.25, -0.2) is 8.42 Å². The summed E-state index contributed by atoms with van der Waals surface area (Å²) in [7, 11) is -2.14. The normalized spacial score (nSPS) is 11.4. The molecular formula is C14H13Cl2NO3S. The first-order valence-corrected chi connectivity index (χ1v) is 8.22. The monoisotopic (exact) mass is 345 g/mol. The summed E-state index contributed by atoms with van der Waals surface area (Å²) in [6.45, 7) is 0.424. The predicted molar refractivity (Wildman–Crippen MR) is 84.4 cm³/mol.